The third kappa shape index (κ3) is 2.86. The van der Waals surface area contributed by atoms with E-state index in [1.807, 2.05) is 0 Å². The molecule has 2 heterocycles. The number of nitrogens with zero attached hydrogens (tertiary/aromatic N) is 3. The van der Waals surface area contributed by atoms with Gasteiger partial charge in [0.2, 0.25) is 0 Å². The SMILES string of the molecule is Cc1ccc([N+](=O)[O-])c(Oc2cncc(C(=O)O)c2)n1. The van der Waals surface area contributed by atoms with Crippen LogP contribution in [-0.4, -0.2) is 26.0 Å². The van der Waals surface area contributed by atoms with E-state index in [0.29, 0.717) is 5.69 Å². The van der Waals surface area contributed by atoms with Crippen LogP contribution in [-0.2, 0) is 0 Å². The number of ether oxygens (including phenoxy) is 1. The Morgan fingerprint density at radius 3 is 2.80 bits per heavy atom. The van der Waals surface area contributed by atoms with Gasteiger partial charge in [-0.3, -0.25) is 15.1 Å². The molecular weight excluding hydrogens is 266 g/mol. The largest absolute Gasteiger partial charge is 0.478 e. The van der Waals surface area contributed by atoms with Gasteiger partial charge in [-0.05, 0) is 19.1 Å². The Morgan fingerprint density at radius 1 is 1.40 bits per heavy atom. The summed E-state index contributed by atoms with van der Waals surface area (Å²) >= 11 is 0. The highest BCUT2D eigenvalue weighted by Crippen LogP contribution is 2.29. The molecule has 2 aromatic heterocycles. The van der Waals surface area contributed by atoms with Crippen LogP contribution in [0.2, 0.25) is 0 Å². The molecule has 0 atom stereocenters. The Morgan fingerprint density at radius 2 is 2.15 bits per heavy atom. The Hall–Kier alpha value is -3.03. The van der Waals surface area contributed by atoms with Crippen molar-refractivity contribution >= 4 is 11.7 Å². The van der Waals surface area contributed by atoms with Crippen molar-refractivity contribution in [3.05, 3.63) is 52.0 Å². The van der Waals surface area contributed by atoms with E-state index in [1.165, 1.54) is 24.4 Å². The molecule has 0 radical (unpaired) electrons. The number of rotatable bonds is 4. The second kappa shape index (κ2) is 5.31. The molecule has 0 spiro atoms. The molecule has 0 aliphatic heterocycles. The van der Waals surface area contributed by atoms with E-state index < -0.39 is 10.9 Å². The number of hydrogen-bond acceptors (Lipinski definition) is 6. The van der Waals surface area contributed by atoms with Crippen molar-refractivity contribution in [2.75, 3.05) is 0 Å². The minimum Gasteiger partial charge on any atom is -0.478 e. The zero-order chi connectivity index (χ0) is 14.7. The van der Waals surface area contributed by atoms with Gasteiger partial charge in [-0.2, -0.15) is 0 Å². The number of carbonyl (C=O) groups is 1. The van der Waals surface area contributed by atoms with Crippen LogP contribution in [0, 0.1) is 17.0 Å². The highest BCUT2D eigenvalue weighted by atomic mass is 16.6. The lowest BCUT2D eigenvalue weighted by Crippen LogP contribution is -2.00. The summed E-state index contributed by atoms with van der Waals surface area (Å²) < 4.78 is 5.26. The Labute approximate surface area is 112 Å². The summed E-state index contributed by atoms with van der Waals surface area (Å²) in [6.45, 7) is 1.66. The van der Waals surface area contributed by atoms with Gasteiger partial charge in [0, 0.05) is 18.0 Å². The predicted molar refractivity (Wildman–Crippen MR) is 66.9 cm³/mol. The highest BCUT2D eigenvalue weighted by molar-refractivity contribution is 5.87. The molecule has 0 bridgehead atoms. The second-order valence-electron chi connectivity index (χ2n) is 3.85. The number of pyridine rings is 2. The van der Waals surface area contributed by atoms with Gasteiger partial charge in [-0.15, -0.1) is 0 Å². The first-order chi connectivity index (χ1) is 9.47. The van der Waals surface area contributed by atoms with Gasteiger partial charge >= 0.3 is 11.7 Å². The summed E-state index contributed by atoms with van der Waals surface area (Å²) in [4.78, 5) is 28.7. The van der Waals surface area contributed by atoms with E-state index in [0.717, 1.165) is 6.20 Å². The molecule has 0 unspecified atom stereocenters. The number of hydrogen-bond donors (Lipinski definition) is 1. The average Bonchev–Trinajstić information content (AvgIpc) is 2.38. The number of carboxylic acid groups (broad SMARTS) is 1. The van der Waals surface area contributed by atoms with Gasteiger partial charge in [0.1, 0.15) is 5.75 Å². The fourth-order valence-electron chi connectivity index (χ4n) is 1.44. The molecule has 20 heavy (non-hydrogen) atoms. The fourth-order valence-corrected chi connectivity index (χ4v) is 1.44. The van der Waals surface area contributed by atoms with Crippen molar-refractivity contribution in [3.63, 3.8) is 0 Å². The third-order valence-corrected chi connectivity index (χ3v) is 2.35. The van der Waals surface area contributed by atoms with E-state index in [2.05, 4.69) is 9.97 Å². The van der Waals surface area contributed by atoms with Crippen LogP contribution < -0.4 is 4.74 Å². The molecule has 0 saturated heterocycles. The Kier molecular flexibility index (Phi) is 3.56. The number of nitro groups is 1. The number of aromatic carboxylic acids is 1. The van der Waals surface area contributed by atoms with Crippen LogP contribution in [0.25, 0.3) is 0 Å². The minimum absolute atomic E-state index is 0.0612. The summed E-state index contributed by atoms with van der Waals surface area (Å²) in [5, 5.41) is 19.7. The zero-order valence-electron chi connectivity index (χ0n) is 10.3. The first-order valence-electron chi connectivity index (χ1n) is 5.45. The van der Waals surface area contributed by atoms with Gasteiger partial charge in [-0.1, -0.05) is 0 Å². The molecular formula is C12H9N3O5. The summed E-state index contributed by atoms with van der Waals surface area (Å²) in [6.07, 6.45) is 2.40. The smallest absolute Gasteiger partial charge is 0.337 e. The number of aromatic nitrogens is 2. The first kappa shape index (κ1) is 13.4. The summed E-state index contributed by atoms with van der Waals surface area (Å²) in [5.41, 5.74) is 0.141. The Balaban J connectivity index is 2.39. The van der Waals surface area contributed by atoms with Crippen LogP contribution in [0.3, 0.4) is 0 Å². The van der Waals surface area contributed by atoms with Crippen molar-refractivity contribution in [1.29, 1.82) is 0 Å². The summed E-state index contributed by atoms with van der Waals surface area (Å²) in [6, 6.07) is 3.96. The van der Waals surface area contributed by atoms with E-state index in [1.54, 1.807) is 6.92 Å². The van der Waals surface area contributed by atoms with Crippen molar-refractivity contribution in [3.8, 4) is 11.6 Å². The van der Waals surface area contributed by atoms with E-state index in [-0.39, 0.29) is 22.9 Å². The first-order valence-corrected chi connectivity index (χ1v) is 5.45. The maximum absolute atomic E-state index is 10.9. The van der Waals surface area contributed by atoms with Gasteiger partial charge in [0.15, 0.2) is 0 Å². The lowest BCUT2D eigenvalue weighted by Gasteiger charge is -2.06. The van der Waals surface area contributed by atoms with Crippen LogP contribution in [0.1, 0.15) is 16.1 Å². The maximum Gasteiger partial charge on any atom is 0.337 e. The van der Waals surface area contributed by atoms with Gasteiger partial charge in [0.25, 0.3) is 5.88 Å². The fraction of sp³-hybridized carbons (Fsp3) is 0.0833. The topological polar surface area (TPSA) is 115 Å². The monoisotopic (exact) mass is 275 g/mol. The standard InChI is InChI=1S/C12H9N3O5/c1-7-2-3-10(15(18)19)11(14-7)20-9-4-8(12(16)17)5-13-6-9/h2-6H,1H3,(H,16,17). The molecule has 2 aromatic rings. The van der Waals surface area contributed by atoms with Crippen LogP contribution in [0.4, 0.5) is 5.69 Å². The molecule has 1 N–H and O–H groups in total. The molecule has 0 saturated carbocycles. The molecule has 0 fully saturated rings. The van der Waals surface area contributed by atoms with E-state index >= 15 is 0 Å². The molecule has 0 aliphatic rings. The lowest BCUT2D eigenvalue weighted by atomic mass is 10.3. The van der Waals surface area contributed by atoms with Crippen molar-refractivity contribution in [1.82, 2.24) is 9.97 Å². The molecule has 8 nitrogen and oxygen atoms in total. The Bertz CT molecular complexity index is 687. The molecule has 0 aromatic carbocycles. The van der Waals surface area contributed by atoms with E-state index in [4.69, 9.17) is 9.84 Å². The lowest BCUT2D eigenvalue weighted by molar-refractivity contribution is -0.386. The van der Waals surface area contributed by atoms with E-state index in [9.17, 15) is 14.9 Å². The summed E-state index contributed by atoms with van der Waals surface area (Å²) in [5.74, 6) is -1.32. The summed E-state index contributed by atoms with van der Waals surface area (Å²) in [7, 11) is 0. The zero-order valence-corrected chi connectivity index (χ0v) is 10.3. The molecule has 8 heteroatoms. The highest BCUT2D eigenvalue weighted by Gasteiger charge is 2.18. The van der Waals surface area contributed by atoms with Crippen molar-refractivity contribution in [2.45, 2.75) is 6.92 Å². The number of carboxylic acids is 1. The van der Waals surface area contributed by atoms with Crippen LogP contribution in [0.15, 0.2) is 30.6 Å². The normalized spacial score (nSPS) is 10.1. The minimum atomic E-state index is -1.17. The molecule has 0 aliphatic carbocycles. The second-order valence-corrected chi connectivity index (χ2v) is 3.85. The number of aryl methyl sites for hydroxylation is 1. The van der Waals surface area contributed by atoms with Crippen molar-refractivity contribution in [2.24, 2.45) is 0 Å². The third-order valence-electron chi connectivity index (χ3n) is 2.35. The maximum atomic E-state index is 10.9. The van der Waals surface area contributed by atoms with Crippen LogP contribution in [0.5, 0.6) is 11.6 Å². The molecule has 102 valence electrons. The van der Waals surface area contributed by atoms with Crippen LogP contribution >= 0.6 is 0 Å². The molecule has 0 amide bonds. The average molecular weight is 275 g/mol. The predicted octanol–water partition coefficient (Wildman–Crippen LogP) is 2.18. The van der Waals surface area contributed by atoms with Crippen molar-refractivity contribution < 1.29 is 19.6 Å². The van der Waals surface area contributed by atoms with Gasteiger partial charge < -0.3 is 9.84 Å². The quantitative estimate of drug-likeness (QED) is 0.671. The molecule has 2 rings (SSSR count). The van der Waals surface area contributed by atoms with Gasteiger partial charge in [-0.25, -0.2) is 9.78 Å². The van der Waals surface area contributed by atoms with Gasteiger partial charge in [0.05, 0.1) is 16.7 Å².